The van der Waals surface area contributed by atoms with Crippen molar-refractivity contribution in [3.63, 3.8) is 0 Å². The molecule has 0 amide bonds. The van der Waals surface area contributed by atoms with Crippen LogP contribution in [0, 0.1) is 0 Å². The SMILES string of the molecule is CCCc1cc(=O)[nH]c(SC2CCCCC2N)n1. The molecule has 2 rings (SSSR count). The van der Waals surface area contributed by atoms with E-state index in [1.54, 1.807) is 17.8 Å². The molecule has 1 aliphatic rings. The summed E-state index contributed by atoms with van der Waals surface area (Å²) in [6.45, 7) is 2.09. The fraction of sp³-hybridized carbons (Fsp3) is 0.692. The van der Waals surface area contributed by atoms with Crippen molar-refractivity contribution < 1.29 is 0 Å². The molecule has 0 saturated heterocycles. The van der Waals surface area contributed by atoms with Gasteiger partial charge in [-0.1, -0.05) is 37.9 Å². The summed E-state index contributed by atoms with van der Waals surface area (Å²) in [5.41, 5.74) is 6.95. The highest BCUT2D eigenvalue weighted by Crippen LogP contribution is 2.30. The summed E-state index contributed by atoms with van der Waals surface area (Å²) in [6, 6.07) is 1.82. The number of hydrogen-bond donors (Lipinski definition) is 2. The fourth-order valence-corrected chi connectivity index (χ4v) is 3.55. The number of nitrogens with two attached hydrogens (primary N) is 1. The van der Waals surface area contributed by atoms with Crippen molar-refractivity contribution >= 4 is 11.8 Å². The van der Waals surface area contributed by atoms with Crippen LogP contribution < -0.4 is 11.3 Å². The molecule has 1 aromatic heterocycles. The molecule has 18 heavy (non-hydrogen) atoms. The second kappa shape index (κ2) is 6.38. The maximum Gasteiger partial charge on any atom is 0.251 e. The number of H-pyrrole nitrogens is 1. The molecule has 3 N–H and O–H groups in total. The van der Waals surface area contributed by atoms with Gasteiger partial charge in [-0.3, -0.25) is 4.79 Å². The van der Waals surface area contributed by atoms with E-state index in [0.717, 1.165) is 36.5 Å². The van der Waals surface area contributed by atoms with Crippen LogP contribution in [-0.4, -0.2) is 21.3 Å². The summed E-state index contributed by atoms with van der Waals surface area (Å²) in [7, 11) is 0. The van der Waals surface area contributed by atoms with Gasteiger partial charge in [-0.2, -0.15) is 0 Å². The molecule has 0 radical (unpaired) electrons. The number of thioether (sulfide) groups is 1. The second-order valence-electron chi connectivity index (χ2n) is 4.90. The lowest BCUT2D eigenvalue weighted by Gasteiger charge is -2.27. The number of aromatic nitrogens is 2. The van der Waals surface area contributed by atoms with Gasteiger partial charge in [0.25, 0.3) is 5.56 Å². The van der Waals surface area contributed by atoms with Gasteiger partial charge in [0, 0.05) is 23.1 Å². The third-order valence-corrected chi connectivity index (χ3v) is 4.60. The first kappa shape index (κ1) is 13.6. The molecule has 1 saturated carbocycles. The van der Waals surface area contributed by atoms with Crippen LogP contribution in [0.2, 0.25) is 0 Å². The Balaban J connectivity index is 2.10. The van der Waals surface area contributed by atoms with Crippen molar-refractivity contribution in [3.05, 3.63) is 22.1 Å². The van der Waals surface area contributed by atoms with E-state index < -0.39 is 0 Å². The van der Waals surface area contributed by atoms with Crippen molar-refractivity contribution in [3.8, 4) is 0 Å². The number of nitrogens with one attached hydrogen (secondary N) is 1. The average Bonchev–Trinajstić information content (AvgIpc) is 2.32. The van der Waals surface area contributed by atoms with Gasteiger partial charge in [-0.05, 0) is 19.3 Å². The van der Waals surface area contributed by atoms with Gasteiger partial charge in [0.15, 0.2) is 5.16 Å². The third kappa shape index (κ3) is 3.59. The lowest BCUT2D eigenvalue weighted by Crippen LogP contribution is -2.35. The van der Waals surface area contributed by atoms with Crippen molar-refractivity contribution in [2.45, 2.75) is 61.9 Å². The van der Waals surface area contributed by atoms with Crippen molar-refractivity contribution in [2.24, 2.45) is 5.73 Å². The number of aromatic amines is 1. The quantitative estimate of drug-likeness (QED) is 0.819. The third-order valence-electron chi connectivity index (χ3n) is 3.30. The Bertz CT molecular complexity index is 446. The fourth-order valence-electron chi connectivity index (χ4n) is 2.34. The Morgan fingerprint density at radius 2 is 2.28 bits per heavy atom. The maximum atomic E-state index is 11.6. The van der Waals surface area contributed by atoms with Crippen LogP contribution in [-0.2, 0) is 6.42 Å². The van der Waals surface area contributed by atoms with Crippen molar-refractivity contribution in [1.82, 2.24) is 9.97 Å². The van der Waals surface area contributed by atoms with Crippen LogP contribution >= 0.6 is 11.8 Å². The minimum Gasteiger partial charge on any atom is -0.327 e. The monoisotopic (exact) mass is 267 g/mol. The van der Waals surface area contributed by atoms with E-state index in [2.05, 4.69) is 16.9 Å². The first-order valence-corrected chi connectivity index (χ1v) is 7.59. The number of aryl methyl sites for hydroxylation is 1. The summed E-state index contributed by atoms with van der Waals surface area (Å²) in [6.07, 6.45) is 6.50. The average molecular weight is 267 g/mol. The van der Waals surface area contributed by atoms with E-state index in [1.165, 1.54) is 12.8 Å². The Morgan fingerprint density at radius 3 is 3.00 bits per heavy atom. The summed E-state index contributed by atoms with van der Waals surface area (Å²) < 4.78 is 0. The normalized spacial score (nSPS) is 24.1. The van der Waals surface area contributed by atoms with Crippen LogP contribution in [0.15, 0.2) is 16.0 Å². The van der Waals surface area contributed by atoms with Gasteiger partial charge in [0.2, 0.25) is 0 Å². The van der Waals surface area contributed by atoms with Gasteiger partial charge in [-0.25, -0.2) is 4.98 Å². The topological polar surface area (TPSA) is 71.8 Å². The lowest BCUT2D eigenvalue weighted by molar-refractivity contribution is 0.452. The molecular weight excluding hydrogens is 246 g/mol. The highest BCUT2D eigenvalue weighted by Gasteiger charge is 2.23. The summed E-state index contributed by atoms with van der Waals surface area (Å²) in [4.78, 5) is 18.9. The highest BCUT2D eigenvalue weighted by molar-refractivity contribution is 7.99. The molecule has 1 heterocycles. The van der Waals surface area contributed by atoms with E-state index in [1.807, 2.05) is 0 Å². The smallest absolute Gasteiger partial charge is 0.251 e. The van der Waals surface area contributed by atoms with Crippen molar-refractivity contribution in [1.29, 1.82) is 0 Å². The number of hydrogen-bond acceptors (Lipinski definition) is 4. The van der Waals surface area contributed by atoms with Gasteiger partial charge in [0.1, 0.15) is 0 Å². The Morgan fingerprint density at radius 1 is 1.50 bits per heavy atom. The maximum absolute atomic E-state index is 11.6. The standard InChI is InChI=1S/C13H21N3OS/c1-2-5-9-8-12(17)16-13(15-9)18-11-7-4-3-6-10(11)14/h8,10-11H,2-7,14H2,1H3,(H,15,16,17). The molecule has 100 valence electrons. The van der Waals surface area contributed by atoms with Gasteiger partial charge in [-0.15, -0.1) is 0 Å². The summed E-state index contributed by atoms with van der Waals surface area (Å²) in [5.74, 6) is 0. The van der Waals surface area contributed by atoms with Crippen LogP contribution in [0.4, 0.5) is 0 Å². The zero-order valence-electron chi connectivity index (χ0n) is 10.8. The van der Waals surface area contributed by atoms with Crippen LogP contribution in [0.25, 0.3) is 0 Å². The largest absolute Gasteiger partial charge is 0.327 e. The van der Waals surface area contributed by atoms with E-state index in [4.69, 9.17) is 5.73 Å². The molecule has 4 nitrogen and oxygen atoms in total. The minimum atomic E-state index is -0.0552. The van der Waals surface area contributed by atoms with E-state index in [9.17, 15) is 4.79 Å². The number of rotatable bonds is 4. The van der Waals surface area contributed by atoms with E-state index >= 15 is 0 Å². The van der Waals surface area contributed by atoms with Gasteiger partial charge in [0.05, 0.1) is 0 Å². The molecule has 2 unspecified atom stereocenters. The molecule has 0 aromatic carbocycles. The summed E-state index contributed by atoms with van der Waals surface area (Å²) >= 11 is 1.64. The molecule has 0 bridgehead atoms. The van der Waals surface area contributed by atoms with Gasteiger partial charge < -0.3 is 10.7 Å². The number of nitrogens with zero attached hydrogens (tertiary/aromatic N) is 1. The predicted molar refractivity (Wildman–Crippen MR) is 74.9 cm³/mol. The second-order valence-corrected chi connectivity index (χ2v) is 6.12. The minimum absolute atomic E-state index is 0.0552. The lowest BCUT2D eigenvalue weighted by atomic mass is 9.96. The highest BCUT2D eigenvalue weighted by atomic mass is 32.2. The first-order chi connectivity index (χ1) is 8.69. The van der Waals surface area contributed by atoms with E-state index in [-0.39, 0.29) is 11.6 Å². The molecule has 1 aliphatic carbocycles. The Kier molecular flexibility index (Phi) is 4.83. The zero-order valence-corrected chi connectivity index (χ0v) is 11.6. The zero-order chi connectivity index (χ0) is 13.0. The molecule has 0 aliphatic heterocycles. The van der Waals surface area contributed by atoms with Crippen LogP contribution in [0.1, 0.15) is 44.7 Å². The molecule has 1 fully saturated rings. The molecule has 0 spiro atoms. The molecular formula is C13H21N3OS. The summed E-state index contributed by atoms with van der Waals surface area (Å²) in [5, 5.41) is 1.12. The van der Waals surface area contributed by atoms with Crippen LogP contribution in [0.3, 0.4) is 0 Å². The Labute approximate surface area is 112 Å². The van der Waals surface area contributed by atoms with Gasteiger partial charge >= 0.3 is 0 Å². The van der Waals surface area contributed by atoms with E-state index in [0.29, 0.717) is 5.25 Å². The molecule has 2 atom stereocenters. The van der Waals surface area contributed by atoms with Crippen LogP contribution in [0.5, 0.6) is 0 Å². The Hall–Kier alpha value is -0.810. The molecule has 5 heteroatoms. The molecule has 1 aromatic rings. The van der Waals surface area contributed by atoms with Crippen molar-refractivity contribution in [2.75, 3.05) is 0 Å². The first-order valence-electron chi connectivity index (χ1n) is 6.71. The predicted octanol–water partition coefficient (Wildman–Crippen LogP) is 2.08.